The number of imide groups is 1. The van der Waals surface area contributed by atoms with Gasteiger partial charge in [0.05, 0.1) is 17.8 Å². The molecule has 1 atom stereocenters. The Balaban J connectivity index is 1.77. The van der Waals surface area contributed by atoms with Crippen molar-refractivity contribution in [3.63, 3.8) is 0 Å². The van der Waals surface area contributed by atoms with Gasteiger partial charge in [-0.3, -0.25) is 14.5 Å². The zero-order valence-electron chi connectivity index (χ0n) is 16.6. The highest BCUT2D eigenvalue weighted by Crippen LogP contribution is 2.31. The number of carbonyl (C=O) groups excluding carboxylic acids is 3. The minimum absolute atomic E-state index is 0.399. The van der Waals surface area contributed by atoms with Crippen LogP contribution in [0.2, 0.25) is 5.02 Å². The molecule has 2 aromatic carbocycles. The smallest absolute Gasteiger partial charge is 0.325 e. The van der Waals surface area contributed by atoms with Gasteiger partial charge in [0.2, 0.25) is 5.91 Å². The second-order valence-corrected chi connectivity index (χ2v) is 7.57. The Morgan fingerprint density at radius 2 is 1.86 bits per heavy atom. The lowest BCUT2D eigenvalue weighted by Gasteiger charge is -2.22. The van der Waals surface area contributed by atoms with E-state index in [9.17, 15) is 14.4 Å². The van der Waals surface area contributed by atoms with Crippen LogP contribution in [0.25, 0.3) is 0 Å². The highest BCUT2D eigenvalue weighted by atomic mass is 35.5. The molecule has 1 fully saturated rings. The summed E-state index contributed by atoms with van der Waals surface area (Å²) in [5.41, 5.74) is 1.56. The van der Waals surface area contributed by atoms with Crippen LogP contribution in [0.15, 0.2) is 36.4 Å². The lowest BCUT2D eigenvalue weighted by Crippen LogP contribution is -2.42. The van der Waals surface area contributed by atoms with E-state index in [1.54, 1.807) is 44.4 Å². The molecule has 0 aliphatic carbocycles. The quantitative estimate of drug-likeness (QED) is 0.733. The first kappa shape index (κ1) is 20.7. The Hall–Kier alpha value is -3.06. The van der Waals surface area contributed by atoms with E-state index >= 15 is 0 Å². The Morgan fingerprint density at radius 3 is 2.45 bits per heavy atom. The third kappa shape index (κ3) is 3.91. The Morgan fingerprint density at radius 1 is 1.21 bits per heavy atom. The summed E-state index contributed by atoms with van der Waals surface area (Å²) in [6.07, 6.45) is 0. The molecule has 0 spiro atoms. The molecular weight excluding hydrogens is 394 g/mol. The van der Waals surface area contributed by atoms with E-state index < -0.39 is 29.9 Å². The second-order valence-electron chi connectivity index (χ2n) is 7.16. The Labute approximate surface area is 174 Å². The van der Waals surface area contributed by atoms with Crippen molar-refractivity contribution >= 4 is 35.1 Å². The van der Waals surface area contributed by atoms with Crippen molar-refractivity contribution in [2.24, 2.45) is 0 Å². The van der Waals surface area contributed by atoms with Gasteiger partial charge in [-0.05, 0) is 55.7 Å². The maximum Gasteiger partial charge on any atom is 0.325 e. The van der Waals surface area contributed by atoms with Crippen LogP contribution in [0.3, 0.4) is 0 Å². The van der Waals surface area contributed by atoms with Crippen LogP contribution in [0.1, 0.15) is 23.6 Å². The number of methoxy groups -OCH3 is 1. The second kappa shape index (κ2) is 7.75. The fraction of sp³-hybridized carbons (Fsp3) is 0.286. The molecule has 1 unspecified atom stereocenters. The molecule has 2 N–H and O–H groups in total. The van der Waals surface area contributed by atoms with Crippen LogP contribution in [0.5, 0.6) is 5.75 Å². The van der Waals surface area contributed by atoms with Gasteiger partial charge in [0.25, 0.3) is 5.91 Å². The zero-order chi connectivity index (χ0) is 21.3. The van der Waals surface area contributed by atoms with Gasteiger partial charge in [-0.1, -0.05) is 29.8 Å². The number of ether oxygens (including phenoxy) is 1. The first-order valence-corrected chi connectivity index (χ1v) is 9.38. The SMILES string of the molecule is COc1ccc(C2(C)NC(=O)N(CC(=O)Nc3c(C)cc(C)cc3Cl)C2=O)cc1. The molecule has 152 valence electrons. The molecule has 1 aliphatic rings. The number of nitrogens with one attached hydrogen (secondary N) is 2. The third-order valence-electron chi connectivity index (χ3n) is 4.94. The van der Waals surface area contributed by atoms with Crippen molar-refractivity contribution in [2.45, 2.75) is 26.3 Å². The van der Waals surface area contributed by atoms with Crippen molar-refractivity contribution in [3.05, 3.63) is 58.1 Å². The molecule has 8 heteroatoms. The molecule has 29 heavy (non-hydrogen) atoms. The number of nitrogens with zero attached hydrogens (tertiary/aromatic N) is 1. The van der Waals surface area contributed by atoms with Crippen LogP contribution >= 0.6 is 11.6 Å². The predicted molar refractivity (Wildman–Crippen MR) is 110 cm³/mol. The summed E-state index contributed by atoms with van der Waals surface area (Å²) >= 11 is 6.22. The molecular formula is C21H22ClN3O4. The van der Waals surface area contributed by atoms with Crippen molar-refractivity contribution < 1.29 is 19.1 Å². The first-order chi connectivity index (χ1) is 13.7. The van der Waals surface area contributed by atoms with Crippen LogP contribution in [0.4, 0.5) is 10.5 Å². The lowest BCUT2D eigenvalue weighted by molar-refractivity contribution is -0.133. The van der Waals surface area contributed by atoms with E-state index in [-0.39, 0.29) is 0 Å². The number of anilines is 1. The fourth-order valence-corrected chi connectivity index (χ4v) is 3.73. The van der Waals surface area contributed by atoms with E-state index in [4.69, 9.17) is 16.3 Å². The minimum atomic E-state index is -1.26. The maximum atomic E-state index is 13.0. The van der Waals surface area contributed by atoms with Gasteiger partial charge in [-0.15, -0.1) is 0 Å². The molecule has 1 aliphatic heterocycles. The largest absolute Gasteiger partial charge is 0.497 e. The highest BCUT2D eigenvalue weighted by molar-refractivity contribution is 6.34. The standard InChI is InChI=1S/C21H22ClN3O4/c1-12-9-13(2)18(16(22)10-12)23-17(26)11-25-19(27)21(3,24-20(25)28)14-5-7-15(29-4)8-6-14/h5-10H,11H2,1-4H3,(H,23,26)(H,24,28). The van der Waals surface area contributed by atoms with E-state index in [0.717, 1.165) is 16.0 Å². The Bertz CT molecular complexity index is 967. The van der Waals surface area contributed by atoms with Crippen LogP contribution in [-0.2, 0) is 15.1 Å². The summed E-state index contributed by atoms with van der Waals surface area (Å²) in [6.45, 7) is 4.91. The van der Waals surface area contributed by atoms with Gasteiger partial charge in [-0.2, -0.15) is 0 Å². The van der Waals surface area contributed by atoms with Crippen LogP contribution < -0.4 is 15.4 Å². The summed E-state index contributed by atoms with van der Waals surface area (Å²) in [4.78, 5) is 38.8. The number of aryl methyl sites for hydroxylation is 2. The summed E-state index contributed by atoms with van der Waals surface area (Å²) in [7, 11) is 1.54. The van der Waals surface area contributed by atoms with Gasteiger partial charge in [0, 0.05) is 0 Å². The average Bonchev–Trinajstić information content (AvgIpc) is 2.88. The number of rotatable bonds is 5. The monoisotopic (exact) mass is 415 g/mol. The average molecular weight is 416 g/mol. The lowest BCUT2D eigenvalue weighted by atomic mass is 9.92. The van der Waals surface area contributed by atoms with Gasteiger partial charge in [-0.25, -0.2) is 4.79 Å². The number of hydrogen-bond acceptors (Lipinski definition) is 4. The molecule has 1 heterocycles. The number of halogens is 1. The van der Waals surface area contributed by atoms with Crippen LogP contribution in [-0.4, -0.2) is 36.4 Å². The molecule has 0 radical (unpaired) electrons. The van der Waals surface area contributed by atoms with Gasteiger partial charge >= 0.3 is 6.03 Å². The predicted octanol–water partition coefficient (Wildman–Crippen LogP) is 3.37. The molecule has 3 rings (SSSR count). The molecule has 1 saturated heterocycles. The molecule has 2 aromatic rings. The highest BCUT2D eigenvalue weighted by Gasteiger charge is 2.49. The topological polar surface area (TPSA) is 87.7 Å². The molecule has 7 nitrogen and oxygen atoms in total. The molecule has 0 bridgehead atoms. The summed E-state index contributed by atoms with van der Waals surface area (Å²) in [5.74, 6) is -0.383. The zero-order valence-corrected chi connectivity index (χ0v) is 17.4. The van der Waals surface area contributed by atoms with Crippen molar-refractivity contribution in [1.29, 1.82) is 0 Å². The van der Waals surface area contributed by atoms with Crippen LogP contribution in [0, 0.1) is 13.8 Å². The molecule has 0 aromatic heterocycles. The fourth-order valence-electron chi connectivity index (χ4n) is 3.36. The van der Waals surface area contributed by atoms with E-state index in [1.165, 1.54) is 0 Å². The number of amides is 4. The van der Waals surface area contributed by atoms with Gasteiger partial charge in [0.15, 0.2) is 0 Å². The molecule has 4 amide bonds. The number of hydrogen-bond donors (Lipinski definition) is 2. The van der Waals surface area contributed by atoms with E-state index in [1.807, 2.05) is 19.9 Å². The van der Waals surface area contributed by atoms with E-state index in [0.29, 0.717) is 22.0 Å². The van der Waals surface area contributed by atoms with Gasteiger partial charge in [0.1, 0.15) is 17.8 Å². The summed E-state index contributed by atoms with van der Waals surface area (Å²) < 4.78 is 5.12. The summed E-state index contributed by atoms with van der Waals surface area (Å²) in [5, 5.41) is 5.77. The van der Waals surface area contributed by atoms with Crippen molar-refractivity contribution in [2.75, 3.05) is 19.0 Å². The number of benzene rings is 2. The van der Waals surface area contributed by atoms with Crippen molar-refractivity contribution in [1.82, 2.24) is 10.2 Å². The molecule has 0 saturated carbocycles. The first-order valence-electron chi connectivity index (χ1n) is 9.01. The normalized spacial score (nSPS) is 18.6. The Kier molecular flexibility index (Phi) is 5.53. The van der Waals surface area contributed by atoms with Gasteiger partial charge < -0.3 is 15.4 Å². The van der Waals surface area contributed by atoms with Crippen molar-refractivity contribution in [3.8, 4) is 5.75 Å². The minimum Gasteiger partial charge on any atom is -0.497 e. The third-order valence-corrected chi connectivity index (χ3v) is 5.24. The number of carbonyl (C=O) groups is 3. The number of urea groups is 1. The summed E-state index contributed by atoms with van der Waals surface area (Å²) in [6, 6.07) is 9.81. The van der Waals surface area contributed by atoms with E-state index in [2.05, 4.69) is 10.6 Å². The maximum absolute atomic E-state index is 13.0.